The van der Waals surface area contributed by atoms with Gasteiger partial charge in [-0.1, -0.05) is 0 Å². The molecule has 0 aromatic heterocycles. The monoisotopic (exact) mass is 248 g/mol. The molecule has 1 rings (SSSR count). The number of carbonyl (C=O) groups is 1. The summed E-state index contributed by atoms with van der Waals surface area (Å²) < 4.78 is 25.0. The smallest absolute Gasteiger partial charge is 0.240 e. The predicted molar refractivity (Wildman–Crippen MR) is 62.5 cm³/mol. The van der Waals surface area contributed by atoms with Gasteiger partial charge in [0.15, 0.2) is 0 Å². The molecule has 94 valence electrons. The first-order valence-electron chi connectivity index (χ1n) is 5.75. The van der Waals surface area contributed by atoms with Gasteiger partial charge in [0.2, 0.25) is 15.9 Å². The van der Waals surface area contributed by atoms with E-state index in [4.69, 9.17) is 0 Å². The lowest BCUT2D eigenvalue weighted by molar-refractivity contribution is -0.133. The molecule has 0 radical (unpaired) electrons. The fourth-order valence-corrected chi connectivity index (χ4v) is 2.60. The molecule has 1 aliphatic heterocycles. The Kier molecular flexibility index (Phi) is 4.73. The highest BCUT2D eigenvalue weighted by Crippen LogP contribution is 2.10. The van der Waals surface area contributed by atoms with Crippen molar-refractivity contribution in [2.45, 2.75) is 39.2 Å². The first-order chi connectivity index (χ1) is 7.46. The summed E-state index contributed by atoms with van der Waals surface area (Å²) in [6.07, 6.45) is 3.18. The predicted octanol–water partition coefficient (Wildman–Crippen LogP) is 0.327. The Labute approximate surface area is 97.2 Å². The third-order valence-electron chi connectivity index (χ3n) is 2.77. The number of hydrogen-bond acceptors (Lipinski definition) is 3. The quantitative estimate of drug-likeness (QED) is 0.779. The minimum Gasteiger partial charge on any atom is -0.341 e. The first-order valence-corrected chi connectivity index (χ1v) is 7.40. The SMILES string of the molecule is CCS(=O)(=O)N[C@@H](C)C(=O)N1CCCCC1. The van der Waals surface area contributed by atoms with Crippen molar-refractivity contribution in [3.63, 3.8) is 0 Å². The van der Waals surface area contributed by atoms with E-state index in [-0.39, 0.29) is 11.7 Å². The van der Waals surface area contributed by atoms with E-state index in [9.17, 15) is 13.2 Å². The maximum atomic E-state index is 11.9. The first kappa shape index (κ1) is 13.4. The zero-order valence-electron chi connectivity index (χ0n) is 9.90. The fourth-order valence-electron chi connectivity index (χ4n) is 1.79. The second-order valence-electron chi connectivity index (χ2n) is 4.13. The van der Waals surface area contributed by atoms with Crippen LogP contribution in [0, 0.1) is 0 Å². The zero-order chi connectivity index (χ0) is 12.2. The van der Waals surface area contributed by atoms with E-state index in [1.54, 1.807) is 18.7 Å². The van der Waals surface area contributed by atoms with Crippen LogP contribution in [0.25, 0.3) is 0 Å². The summed E-state index contributed by atoms with van der Waals surface area (Å²) in [7, 11) is -3.30. The Morgan fingerprint density at radius 1 is 1.31 bits per heavy atom. The summed E-state index contributed by atoms with van der Waals surface area (Å²) in [4.78, 5) is 13.6. The molecule has 6 heteroatoms. The van der Waals surface area contributed by atoms with Crippen LogP contribution in [0.2, 0.25) is 0 Å². The minimum absolute atomic E-state index is 0.00458. The van der Waals surface area contributed by atoms with Crippen molar-refractivity contribution >= 4 is 15.9 Å². The molecule has 1 fully saturated rings. The number of carbonyl (C=O) groups excluding carboxylic acids is 1. The lowest BCUT2D eigenvalue weighted by Crippen LogP contribution is -2.48. The van der Waals surface area contributed by atoms with Crippen LogP contribution in [-0.4, -0.2) is 44.1 Å². The molecule has 0 aromatic carbocycles. The van der Waals surface area contributed by atoms with Gasteiger partial charge in [-0.2, -0.15) is 0 Å². The largest absolute Gasteiger partial charge is 0.341 e. The number of likely N-dealkylation sites (tertiary alicyclic amines) is 1. The molecule has 1 saturated heterocycles. The number of rotatable bonds is 4. The molecule has 0 spiro atoms. The third kappa shape index (κ3) is 3.75. The number of nitrogens with zero attached hydrogens (tertiary/aromatic N) is 1. The molecule has 0 unspecified atom stereocenters. The highest BCUT2D eigenvalue weighted by molar-refractivity contribution is 7.89. The van der Waals surface area contributed by atoms with Gasteiger partial charge >= 0.3 is 0 Å². The van der Waals surface area contributed by atoms with Crippen molar-refractivity contribution in [3.05, 3.63) is 0 Å². The molecule has 5 nitrogen and oxygen atoms in total. The Balaban J connectivity index is 2.53. The normalized spacial score (nSPS) is 19.5. The van der Waals surface area contributed by atoms with Crippen LogP contribution in [0.3, 0.4) is 0 Å². The van der Waals surface area contributed by atoms with Gasteiger partial charge in [0, 0.05) is 13.1 Å². The average Bonchev–Trinajstić information content (AvgIpc) is 2.28. The van der Waals surface area contributed by atoms with Crippen LogP contribution in [0.5, 0.6) is 0 Å². The van der Waals surface area contributed by atoms with E-state index in [0.29, 0.717) is 0 Å². The zero-order valence-corrected chi connectivity index (χ0v) is 10.7. The van der Waals surface area contributed by atoms with Crippen molar-refractivity contribution in [2.24, 2.45) is 0 Å². The third-order valence-corrected chi connectivity index (χ3v) is 4.25. The molecule has 16 heavy (non-hydrogen) atoms. The Morgan fingerprint density at radius 2 is 1.88 bits per heavy atom. The van der Waals surface area contributed by atoms with Gasteiger partial charge in [0.25, 0.3) is 0 Å². The van der Waals surface area contributed by atoms with Crippen LogP contribution in [0.15, 0.2) is 0 Å². The maximum Gasteiger partial charge on any atom is 0.240 e. The minimum atomic E-state index is -3.30. The van der Waals surface area contributed by atoms with Crippen LogP contribution in [0.4, 0.5) is 0 Å². The number of sulfonamides is 1. The molecule has 1 heterocycles. The van der Waals surface area contributed by atoms with Crippen molar-refractivity contribution in [2.75, 3.05) is 18.8 Å². The van der Waals surface area contributed by atoms with Gasteiger partial charge in [-0.15, -0.1) is 0 Å². The summed E-state index contributed by atoms with van der Waals surface area (Å²) in [5, 5.41) is 0. The second kappa shape index (κ2) is 5.63. The lowest BCUT2D eigenvalue weighted by Gasteiger charge is -2.29. The number of amides is 1. The highest BCUT2D eigenvalue weighted by atomic mass is 32.2. The van der Waals surface area contributed by atoms with Gasteiger partial charge in [-0.25, -0.2) is 13.1 Å². The maximum absolute atomic E-state index is 11.9. The van der Waals surface area contributed by atoms with Crippen LogP contribution >= 0.6 is 0 Å². The van der Waals surface area contributed by atoms with Crippen LogP contribution < -0.4 is 4.72 Å². The van der Waals surface area contributed by atoms with E-state index >= 15 is 0 Å². The molecule has 1 N–H and O–H groups in total. The average molecular weight is 248 g/mol. The van der Waals surface area contributed by atoms with Gasteiger partial charge in [-0.3, -0.25) is 4.79 Å². The summed E-state index contributed by atoms with van der Waals surface area (Å²) in [5.74, 6) is -0.110. The molecule has 1 aliphatic rings. The van der Waals surface area contributed by atoms with Gasteiger partial charge in [-0.05, 0) is 33.1 Å². The van der Waals surface area contributed by atoms with Gasteiger partial charge in [0.1, 0.15) is 0 Å². The summed E-state index contributed by atoms with van der Waals surface area (Å²) in [6, 6.07) is -0.650. The van der Waals surface area contributed by atoms with E-state index in [2.05, 4.69) is 4.72 Å². The Bertz CT molecular complexity index is 334. The Morgan fingerprint density at radius 3 is 2.38 bits per heavy atom. The molecular formula is C10H20N2O3S. The van der Waals surface area contributed by atoms with E-state index in [1.165, 1.54) is 0 Å². The van der Waals surface area contributed by atoms with Crippen LogP contribution in [-0.2, 0) is 14.8 Å². The topological polar surface area (TPSA) is 66.5 Å². The number of nitrogens with one attached hydrogen (secondary N) is 1. The van der Waals surface area contributed by atoms with Gasteiger partial charge in [0.05, 0.1) is 11.8 Å². The van der Waals surface area contributed by atoms with Crippen molar-refractivity contribution < 1.29 is 13.2 Å². The number of piperidine rings is 1. The Hall–Kier alpha value is -0.620. The molecule has 1 amide bonds. The van der Waals surface area contributed by atoms with Crippen LogP contribution in [0.1, 0.15) is 33.1 Å². The summed E-state index contributed by atoms with van der Waals surface area (Å²) in [5.41, 5.74) is 0. The fraction of sp³-hybridized carbons (Fsp3) is 0.900. The van der Waals surface area contributed by atoms with Crippen molar-refractivity contribution in [1.82, 2.24) is 9.62 Å². The van der Waals surface area contributed by atoms with E-state index in [1.807, 2.05) is 0 Å². The molecule has 1 atom stereocenters. The van der Waals surface area contributed by atoms with E-state index < -0.39 is 16.1 Å². The van der Waals surface area contributed by atoms with E-state index in [0.717, 1.165) is 32.4 Å². The van der Waals surface area contributed by atoms with Gasteiger partial charge < -0.3 is 4.90 Å². The summed E-state index contributed by atoms with van der Waals surface area (Å²) in [6.45, 7) is 4.65. The number of hydrogen-bond donors (Lipinski definition) is 1. The van der Waals surface area contributed by atoms with Crippen molar-refractivity contribution in [3.8, 4) is 0 Å². The molecular weight excluding hydrogens is 228 g/mol. The highest BCUT2D eigenvalue weighted by Gasteiger charge is 2.24. The second-order valence-corrected chi connectivity index (χ2v) is 6.17. The molecule has 0 aromatic rings. The standard InChI is InChI=1S/C10H20N2O3S/c1-3-16(14,15)11-9(2)10(13)12-7-5-4-6-8-12/h9,11H,3-8H2,1-2H3/t9-/m0/s1. The summed E-state index contributed by atoms with van der Waals surface area (Å²) >= 11 is 0. The van der Waals surface area contributed by atoms with Crippen molar-refractivity contribution in [1.29, 1.82) is 0 Å². The molecule has 0 saturated carbocycles. The molecule has 0 aliphatic carbocycles. The molecule has 0 bridgehead atoms. The lowest BCUT2D eigenvalue weighted by atomic mass is 10.1.